The SMILES string of the molecule is CNC1CCCN(Cc2ccc(OCc3nccn3C)cc2)C1. The lowest BCUT2D eigenvalue weighted by atomic mass is 10.1. The van der Waals surface area contributed by atoms with E-state index in [1.54, 1.807) is 6.20 Å². The van der Waals surface area contributed by atoms with Crippen molar-refractivity contribution in [2.75, 3.05) is 20.1 Å². The average molecular weight is 314 g/mol. The van der Waals surface area contributed by atoms with Crippen LogP contribution < -0.4 is 10.1 Å². The van der Waals surface area contributed by atoms with Crippen LogP contribution in [0.15, 0.2) is 36.7 Å². The third kappa shape index (κ3) is 4.33. The summed E-state index contributed by atoms with van der Waals surface area (Å²) in [6.45, 7) is 3.83. The molecule has 1 saturated heterocycles. The average Bonchev–Trinajstić information content (AvgIpc) is 2.99. The van der Waals surface area contributed by atoms with Crippen LogP contribution in [0.2, 0.25) is 0 Å². The van der Waals surface area contributed by atoms with Crippen LogP contribution in [0.5, 0.6) is 5.75 Å². The number of nitrogens with zero attached hydrogens (tertiary/aromatic N) is 3. The van der Waals surface area contributed by atoms with E-state index < -0.39 is 0 Å². The Balaban J connectivity index is 1.51. The summed E-state index contributed by atoms with van der Waals surface area (Å²) in [6, 6.07) is 9.06. The van der Waals surface area contributed by atoms with E-state index in [2.05, 4.69) is 46.5 Å². The van der Waals surface area contributed by atoms with Crippen molar-refractivity contribution in [3.8, 4) is 5.75 Å². The van der Waals surface area contributed by atoms with E-state index in [1.807, 2.05) is 17.8 Å². The number of hydrogen-bond acceptors (Lipinski definition) is 4. The first-order valence-corrected chi connectivity index (χ1v) is 8.32. The molecule has 1 atom stereocenters. The number of likely N-dealkylation sites (N-methyl/N-ethyl adjacent to an activating group) is 1. The molecular weight excluding hydrogens is 288 g/mol. The number of likely N-dealkylation sites (tertiary alicyclic amines) is 1. The van der Waals surface area contributed by atoms with Crippen molar-refractivity contribution >= 4 is 0 Å². The minimum absolute atomic E-state index is 0.499. The van der Waals surface area contributed by atoms with Gasteiger partial charge >= 0.3 is 0 Å². The maximum Gasteiger partial charge on any atom is 0.146 e. The van der Waals surface area contributed by atoms with Crippen molar-refractivity contribution in [3.63, 3.8) is 0 Å². The third-order valence-electron chi connectivity index (χ3n) is 4.53. The molecule has 0 bridgehead atoms. The quantitative estimate of drug-likeness (QED) is 0.887. The molecule has 2 aromatic rings. The van der Waals surface area contributed by atoms with Crippen molar-refractivity contribution in [1.29, 1.82) is 0 Å². The lowest BCUT2D eigenvalue weighted by Crippen LogP contribution is -2.43. The van der Waals surface area contributed by atoms with E-state index in [9.17, 15) is 0 Å². The van der Waals surface area contributed by atoms with Gasteiger partial charge in [-0.1, -0.05) is 12.1 Å². The summed E-state index contributed by atoms with van der Waals surface area (Å²) in [5.74, 6) is 1.82. The van der Waals surface area contributed by atoms with Crippen molar-refractivity contribution < 1.29 is 4.74 Å². The monoisotopic (exact) mass is 314 g/mol. The van der Waals surface area contributed by atoms with Gasteiger partial charge in [0.05, 0.1) is 0 Å². The first kappa shape index (κ1) is 16.0. The van der Waals surface area contributed by atoms with Gasteiger partial charge in [0.25, 0.3) is 0 Å². The predicted octanol–water partition coefficient (Wildman–Crippen LogP) is 2.18. The first-order chi connectivity index (χ1) is 11.2. The molecule has 2 heterocycles. The van der Waals surface area contributed by atoms with Gasteiger partial charge in [-0.25, -0.2) is 4.98 Å². The van der Waals surface area contributed by atoms with Crippen LogP contribution in [0.3, 0.4) is 0 Å². The van der Waals surface area contributed by atoms with Gasteiger partial charge in [-0.15, -0.1) is 0 Å². The van der Waals surface area contributed by atoms with Crippen LogP contribution in [0.25, 0.3) is 0 Å². The highest BCUT2D eigenvalue weighted by Gasteiger charge is 2.18. The highest BCUT2D eigenvalue weighted by molar-refractivity contribution is 5.27. The standard InChI is InChI=1S/C18H26N4O/c1-19-16-4-3-10-22(13-16)12-15-5-7-17(8-6-15)23-14-18-20-9-11-21(18)2/h5-9,11,16,19H,3-4,10,12-14H2,1-2H3. The first-order valence-electron chi connectivity index (χ1n) is 8.32. The molecule has 1 fully saturated rings. The molecule has 23 heavy (non-hydrogen) atoms. The Labute approximate surface area is 138 Å². The van der Waals surface area contributed by atoms with Crippen molar-refractivity contribution in [3.05, 3.63) is 48.0 Å². The zero-order valence-corrected chi connectivity index (χ0v) is 14.0. The number of ether oxygens (including phenoxy) is 1. The van der Waals surface area contributed by atoms with Gasteiger partial charge in [0, 0.05) is 38.6 Å². The van der Waals surface area contributed by atoms with Crippen molar-refractivity contribution in [2.24, 2.45) is 7.05 Å². The Morgan fingerprint density at radius 2 is 2.13 bits per heavy atom. The normalized spacial score (nSPS) is 19.0. The topological polar surface area (TPSA) is 42.3 Å². The zero-order chi connectivity index (χ0) is 16.1. The molecule has 1 N–H and O–H groups in total. The zero-order valence-electron chi connectivity index (χ0n) is 14.0. The smallest absolute Gasteiger partial charge is 0.146 e. The van der Waals surface area contributed by atoms with Gasteiger partial charge in [0.15, 0.2) is 0 Å². The number of benzene rings is 1. The van der Waals surface area contributed by atoms with E-state index >= 15 is 0 Å². The molecule has 0 spiro atoms. The van der Waals surface area contributed by atoms with Crippen LogP contribution >= 0.6 is 0 Å². The number of nitrogens with one attached hydrogen (secondary N) is 1. The van der Waals surface area contributed by atoms with Gasteiger partial charge in [-0.3, -0.25) is 4.90 Å². The molecule has 5 heteroatoms. The molecule has 0 radical (unpaired) electrons. The Morgan fingerprint density at radius 3 is 2.83 bits per heavy atom. The summed E-state index contributed by atoms with van der Waals surface area (Å²) in [4.78, 5) is 6.79. The number of piperidine rings is 1. The lowest BCUT2D eigenvalue weighted by molar-refractivity contribution is 0.188. The number of aromatic nitrogens is 2. The summed E-state index contributed by atoms with van der Waals surface area (Å²) >= 11 is 0. The van der Waals surface area contributed by atoms with Crippen LogP contribution in [0.4, 0.5) is 0 Å². The largest absolute Gasteiger partial charge is 0.486 e. The molecule has 1 unspecified atom stereocenters. The molecule has 1 aliphatic rings. The van der Waals surface area contributed by atoms with Gasteiger partial charge < -0.3 is 14.6 Å². The second kappa shape index (κ2) is 7.62. The lowest BCUT2D eigenvalue weighted by Gasteiger charge is -2.32. The van der Waals surface area contributed by atoms with Crippen molar-refractivity contribution in [1.82, 2.24) is 19.8 Å². The fourth-order valence-corrected chi connectivity index (χ4v) is 3.07. The van der Waals surface area contributed by atoms with E-state index in [4.69, 9.17) is 4.74 Å². The third-order valence-corrected chi connectivity index (χ3v) is 4.53. The Bertz CT molecular complexity index is 608. The summed E-state index contributed by atoms with van der Waals surface area (Å²) in [5, 5.41) is 3.39. The molecule has 5 nitrogen and oxygen atoms in total. The van der Waals surface area contributed by atoms with Gasteiger partial charge in [0.2, 0.25) is 0 Å². The molecule has 0 amide bonds. The fraction of sp³-hybridized carbons (Fsp3) is 0.500. The molecule has 1 aliphatic heterocycles. The van der Waals surface area contributed by atoms with E-state index in [0.29, 0.717) is 12.6 Å². The number of imidazole rings is 1. The van der Waals surface area contributed by atoms with Crippen LogP contribution in [-0.4, -0.2) is 40.6 Å². The molecule has 0 aliphatic carbocycles. The number of rotatable bonds is 6. The van der Waals surface area contributed by atoms with Gasteiger partial charge in [-0.2, -0.15) is 0 Å². The molecular formula is C18H26N4O. The fourth-order valence-electron chi connectivity index (χ4n) is 3.07. The molecule has 3 rings (SSSR count). The summed E-state index contributed by atoms with van der Waals surface area (Å²) < 4.78 is 7.78. The maximum absolute atomic E-state index is 5.80. The second-order valence-corrected chi connectivity index (χ2v) is 6.25. The number of hydrogen-bond donors (Lipinski definition) is 1. The molecule has 1 aromatic heterocycles. The van der Waals surface area contributed by atoms with Gasteiger partial charge in [0.1, 0.15) is 18.2 Å². The number of aryl methyl sites for hydroxylation is 1. The maximum atomic E-state index is 5.80. The summed E-state index contributed by atoms with van der Waals surface area (Å²) in [5.41, 5.74) is 1.34. The Hall–Kier alpha value is -1.85. The summed E-state index contributed by atoms with van der Waals surface area (Å²) in [7, 11) is 4.04. The molecule has 124 valence electrons. The van der Waals surface area contributed by atoms with Crippen LogP contribution in [-0.2, 0) is 20.2 Å². The van der Waals surface area contributed by atoms with Crippen molar-refractivity contribution in [2.45, 2.75) is 32.0 Å². The summed E-state index contributed by atoms with van der Waals surface area (Å²) in [6.07, 6.45) is 6.28. The molecule has 0 saturated carbocycles. The van der Waals surface area contributed by atoms with E-state index in [0.717, 1.165) is 24.7 Å². The minimum Gasteiger partial charge on any atom is -0.486 e. The van der Waals surface area contributed by atoms with Crippen LogP contribution in [0.1, 0.15) is 24.2 Å². The highest BCUT2D eigenvalue weighted by atomic mass is 16.5. The van der Waals surface area contributed by atoms with E-state index in [-0.39, 0.29) is 0 Å². The Morgan fingerprint density at radius 1 is 1.30 bits per heavy atom. The Kier molecular flexibility index (Phi) is 5.31. The van der Waals surface area contributed by atoms with Gasteiger partial charge in [-0.05, 0) is 44.1 Å². The predicted molar refractivity (Wildman–Crippen MR) is 91.3 cm³/mol. The van der Waals surface area contributed by atoms with Crippen LogP contribution in [0, 0.1) is 0 Å². The highest BCUT2D eigenvalue weighted by Crippen LogP contribution is 2.17. The second-order valence-electron chi connectivity index (χ2n) is 6.25. The molecule has 1 aromatic carbocycles. The minimum atomic E-state index is 0.499. The van der Waals surface area contributed by atoms with E-state index in [1.165, 1.54) is 24.9 Å².